The Hall–Kier alpha value is -2.59. The molecule has 0 atom stereocenters. The van der Waals surface area contributed by atoms with E-state index in [-0.39, 0.29) is 6.61 Å². The van der Waals surface area contributed by atoms with Crippen LogP contribution in [0.15, 0.2) is 48.5 Å². The minimum absolute atomic E-state index is 0.0612. The summed E-state index contributed by atoms with van der Waals surface area (Å²) < 4.78 is 10.7. The van der Waals surface area contributed by atoms with E-state index in [0.717, 1.165) is 27.7 Å². The van der Waals surface area contributed by atoms with E-state index in [2.05, 4.69) is 0 Å². The van der Waals surface area contributed by atoms with E-state index in [4.69, 9.17) is 14.5 Å². The molecule has 0 radical (unpaired) electrons. The number of hydrogen-bond acceptors (Lipinski definition) is 4. The average Bonchev–Trinajstić information content (AvgIpc) is 2.60. The van der Waals surface area contributed by atoms with Crippen LogP contribution >= 0.6 is 0 Å². The van der Waals surface area contributed by atoms with Gasteiger partial charge in [0.15, 0.2) is 11.5 Å². The summed E-state index contributed by atoms with van der Waals surface area (Å²) in [5.41, 5.74) is 3.41. The molecular weight excluding hydrogens is 278 g/mol. The van der Waals surface area contributed by atoms with Crippen LogP contribution in [0.5, 0.6) is 11.5 Å². The molecule has 4 nitrogen and oxygen atoms in total. The number of ether oxygens (including phenoxy) is 2. The van der Waals surface area contributed by atoms with Crippen LogP contribution in [0, 0.1) is 0 Å². The Bertz CT molecular complexity index is 800. The molecule has 0 bridgehead atoms. The molecule has 22 heavy (non-hydrogen) atoms. The molecule has 3 aromatic rings. The fourth-order valence-electron chi connectivity index (χ4n) is 2.51. The summed E-state index contributed by atoms with van der Waals surface area (Å²) in [6, 6.07) is 15.5. The normalized spacial score (nSPS) is 10.7. The Kier molecular flexibility index (Phi) is 3.94. The maximum atomic E-state index is 9.70. The Morgan fingerprint density at radius 1 is 0.955 bits per heavy atom. The van der Waals surface area contributed by atoms with Crippen molar-refractivity contribution in [3.05, 3.63) is 54.1 Å². The number of hydrogen-bond donors (Lipinski definition) is 1. The van der Waals surface area contributed by atoms with E-state index in [1.54, 1.807) is 14.2 Å². The smallest absolute Gasteiger partial charge is 0.162 e. The summed E-state index contributed by atoms with van der Waals surface area (Å²) in [5.74, 6) is 1.25. The fraction of sp³-hybridized carbons (Fsp3) is 0.167. The van der Waals surface area contributed by atoms with Gasteiger partial charge in [-0.15, -0.1) is 0 Å². The molecule has 0 saturated heterocycles. The molecule has 0 amide bonds. The zero-order valence-electron chi connectivity index (χ0n) is 12.5. The zero-order valence-corrected chi connectivity index (χ0v) is 12.5. The molecule has 1 aromatic heterocycles. The number of nitrogens with zero attached hydrogens (tertiary/aromatic N) is 1. The topological polar surface area (TPSA) is 51.6 Å². The largest absolute Gasteiger partial charge is 0.493 e. The van der Waals surface area contributed by atoms with E-state index < -0.39 is 0 Å². The van der Waals surface area contributed by atoms with Crippen molar-refractivity contribution in [3.63, 3.8) is 0 Å². The number of aromatic nitrogens is 1. The molecule has 0 unspecified atom stereocenters. The molecule has 112 valence electrons. The highest BCUT2D eigenvalue weighted by Gasteiger charge is 2.12. The van der Waals surface area contributed by atoms with Crippen LogP contribution < -0.4 is 9.47 Å². The second-order valence-electron chi connectivity index (χ2n) is 4.92. The van der Waals surface area contributed by atoms with Gasteiger partial charge in [-0.2, -0.15) is 0 Å². The Morgan fingerprint density at radius 3 is 2.27 bits per heavy atom. The minimum Gasteiger partial charge on any atom is -0.493 e. The molecule has 0 aliphatic heterocycles. The number of benzene rings is 2. The Morgan fingerprint density at radius 2 is 1.64 bits per heavy atom. The van der Waals surface area contributed by atoms with Crippen molar-refractivity contribution in [1.82, 2.24) is 4.98 Å². The average molecular weight is 295 g/mol. The Balaban J connectivity index is 2.27. The molecule has 2 aromatic carbocycles. The SMILES string of the molecule is COc1cc2nc(-c3ccccc3)cc(CO)c2cc1OC. The first-order chi connectivity index (χ1) is 10.8. The lowest BCUT2D eigenvalue weighted by Crippen LogP contribution is -1.96. The van der Waals surface area contributed by atoms with E-state index in [0.29, 0.717) is 11.5 Å². The molecule has 4 heteroatoms. The summed E-state index contributed by atoms with van der Waals surface area (Å²) in [5, 5.41) is 10.6. The monoisotopic (exact) mass is 295 g/mol. The maximum Gasteiger partial charge on any atom is 0.162 e. The van der Waals surface area contributed by atoms with E-state index in [1.165, 1.54) is 0 Å². The lowest BCUT2D eigenvalue weighted by Gasteiger charge is -2.12. The quantitative estimate of drug-likeness (QED) is 0.801. The van der Waals surface area contributed by atoms with Gasteiger partial charge < -0.3 is 14.6 Å². The predicted molar refractivity (Wildman–Crippen MR) is 86.2 cm³/mol. The van der Waals surface area contributed by atoms with Gasteiger partial charge in [0.2, 0.25) is 0 Å². The van der Waals surface area contributed by atoms with Crippen molar-refractivity contribution in [2.24, 2.45) is 0 Å². The summed E-state index contributed by atoms with van der Waals surface area (Å²) in [4.78, 5) is 4.69. The third-order valence-corrected chi connectivity index (χ3v) is 3.64. The Labute approximate surface area is 129 Å². The number of rotatable bonds is 4. The van der Waals surface area contributed by atoms with Crippen molar-refractivity contribution in [1.29, 1.82) is 0 Å². The molecule has 0 spiro atoms. The van der Waals surface area contributed by atoms with Gasteiger partial charge in [0.1, 0.15) is 0 Å². The minimum atomic E-state index is -0.0612. The van der Waals surface area contributed by atoms with E-state index in [9.17, 15) is 5.11 Å². The van der Waals surface area contributed by atoms with Gasteiger partial charge in [0.05, 0.1) is 32.0 Å². The lowest BCUT2D eigenvalue weighted by atomic mass is 10.0. The van der Waals surface area contributed by atoms with Crippen LogP contribution in [0.3, 0.4) is 0 Å². The third kappa shape index (κ3) is 2.49. The van der Waals surface area contributed by atoms with Crippen molar-refractivity contribution >= 4 is 10.9 Å². The highest BCUT2D eigenvalue weighted by molar-refractivity contribution is 5.88. The highest BCUT2D eigenvalue weighted by atomic mass is 16.5. The van der Waals surface area contributed by atoms with Gasteiger partial charge in [-0.05, 0) is 17.7 Å². The predicted octanol–water partition coefficient (Wildman–Crippen LogP) is 3.41. The van der Waals surface area contributed by atoms with Crippen LogP contribution in [0.4, 0.5) is 0 Å². The standard InChI is InChI=1S/C18H17NO3/c1-21-17-9-14-13(11-20)8-15(12-6-4-3-5-7-12)19-16(14)10-18(17)22-2/h3-10,20H,11H2,1-2H3. The van der Waals surface area contributed by atoms with Gasteiger partial charge in [-0.3, -0.25) is 0 Å². The van der Waals surface area contributed by atoms with Gasteiger partial charge in [0, 0.05) is 17.0 Å². The molecule has 1 heterocycles. The summed E-state index contributed by atoms with van der Waals surface area (Å²) in [7, 11) is 3.19. The van der Waals surface area contributed by atoms with Crippen LogP contribution in [0.25, 0.3) is 22.2 Å². The molecule has 3 rings (SSSR count). The van der Waals surface area contributed by atoms with Gasteiger partial charge in [0.25, 0.3) is 0 Å². The maximum absolute atomic E-state index is 9.70. The first-order valence-electron chi connectivity index (χ1n) is 6.98. The van der Waals surface area contributed by atoms with E-state index in [1.807, 2.05) is 48.5 Å². The fourth-order valence-corrected chi connectivity index (χ4v) is 2.51. The van der Waals surface area contributed by atoms with Crippen LogP contribution in [-0.4, -0.2) is 24.3 Å². The van der Waals surface area contributed by atoms with Gasteiger partial charge in [-0.1, -0.05) is 30.3 Å². The second-order valence-corrected chi connectivity index (χ2v) is 4.92. The third-order valence-electron chi connectivity index (χ3n) is 3.64. The molecule has 0 saturated carbocycles. The van der Waals surface area contributed by atoms with Crippen molar-refractivity contribution in [2.75, 3.05) is 14.2 Å². The molecule has 0 fully saturated rings. The molecule has 0 aliphatic carbocycles. The van der Waals surface area contributed by atoms with Crippen molar-refractivity contribution in [3.8, 4) is 22.8 Å². The van der Waals surface area contributed by atoms with Gasteiger partial charge >= 0.3 is 0 Å². The van der Waals surface area contributed by atoms with E-state index >= 15 is 0 Å². The number of aliphatic hydroxyl groups excluding tert-OH is 1. The second kappa shape index (κ2) is 6.03. The first kappa shape index (κ1) is 14.4. The van der Waals surface area contributed by atoms with Crippen LogP contribution in [-0.2, 0) is 6.61 Å². The summed E-state index contributed by atoms with van der Waals surface area (Å²) >= 11 is 0. The number of pyridine rings is 1. The number of fused-ring (bicyclic) bond motifs is 1. The van der Waals surface area contributed by atoms with Crippen LogP contribution in [0.2, 0.25) is 0 Å². The summed E-state index contributed by atoms with van der Waals surface area (Å²) in [6.45, 7) is -0.0612. The number of methoxy groups -OCH3 is 2. The number of aliphatic hydroxyl groups is 1. The molecule has 1 N–H and O–H groups in total. The van der Waals surface area contributed by atoms with Crippen molar-refractivity contribution < 1.29 is 14.6 Å². The van der Waals surface area contributed by atoms with Crippen molar-refractivity contribution in [2.45, 2.75) is 6.61 Å². The first-order valence-corrected chi connectivity index (χ1v) is 6.98. The molecule has 0 aliphatic rings. The van der Waals surface area contributed by atoms with Crippen LogP contribution in [0.1, 0.15) is 5.56 Å². The summed E-state index contributed by atoms with van der Waals surface area (Å²) in [6.07, 6.45) is 0. The zero-order chi connectivity index (χ0) is 15.5. The highest BCUT2D eigenvalue weighted by Crippen LogP contribution is 2.34. The lowest BCUT2D eigenvalue weighted by molar-refractivity contribution is 0.283. The van der Waals surface area contributed by atoms with Gasteiger partial charge in [-0.25, -0.2) is 4.98 Å². The molecular formula is C18H17NO3.